The Balaban J connectivity index is 2.17. The first-order valence-corrected chi connectivity index (χ1v) is 8.29. The molecule has 0 aliphatic heterocycles. The third-order valence-electron chi connectivity index (χ3n) is 4.34. The average molecular weight is 287 g/mol. The molecule has 1 aromatic heterocycles. The normalized spacial score (nSPS) is 14.5. The lowest BCUT2D eigenvalue weighted by atomic mass is 9.95. The van der Waals surface area contributed by atoms with Crippen molar-refractivity contribution in [2.75, 3.05) is 6.54 Å². The zero-order chi connectivity index (χ0) is 15.2. The molecule has 2 unspecified atom stereocenters. The van der Waals surface area contributed by atoms with Crippen LogP contribution in [0.3, 0.4) is 0 Å². The predicted octanol–water partition coefficient (Wildman–Crippen LogP) is 3.92. The smallest absolute Gasteiger partial charge is 0.0718 e. The Bertz CT molecular complexity index is 559. The molecule has 0 aliphatic carbocycles. The highest BCUT2D eigenvalue weighted by atomic mass is 15.3. The molecule has 3 heteroatoms. The molecule has 0 aliphatic rings. The third kappa shape index (κ3) is 4.07. The maximum Gasteiger partial charge on any atom is 0.0718 e. The van der Waals surface area contributed by atoms with Crippen LogP contribution in [0.25, 0.3) is 10.9 Å². The summed E-state index contributed by atoms with van der Waals surface area (Å²) in [4.78, 5) is 0. The second kappa shape index (κ2) is 7.60. The van der Waals surface area contributed by atoms with Crippen LogP contribution in [-0.2, 0) is 13.5 Å². The summed E-state index contributed by atoms with van der Waals surface area (Å²) in [6.07, 6.45) is 4.67. The molecule has 3 nitrogen and oxygen atoms in total. The summed E-state index contributed by atoms with van der Waals surface area (Å²) in [6.45, 7) is 7.93. The van der Waals surface area contributed by atoms with Crippen molar-refractivity contribution in [3.63, 3.8) is 0 Å². The van der Waals surface area contributed by atoms with Crippen LogP contribution < -0.4 is 5.32 Å². The highest BCUT2D eigenvalue weighted by molar-refractivity contribution is 5.81. The van der Waals surface area contributed by atoms with Gasteiger partial charge in [-0.3, -0.25) is 4.68 Å². The quantitative estimate of drug-likeness (QED) is 0.797. The molecule has 0 amide bonds. The van der Waals surface area contributed by atoms with Gasteiger partial charge in [0.1, 0.15) is 0 Å². The van der Waals surface area contributed by atoms with Crippen LogP contribution in [0, 0.1) is 5.92 Å². The van der Waals surface area contributed by atoms with Crippen LogP contribution in [0.15, 0.2) is 24.3 Å². The van der Waals surface area contributed by atoms with Crippen molar-refractivity contribution >= 4 is 10.9 Å². The molecule has 2 aromatic rings. The molecular formula is C18H29N3. The van der Waals surface area contributed by atoms with Crippen LogP contribution in [0.2, 0.25) is 0 Å². The zero-order valence-corrected chi connectivity index (χ0v) is 13.9. The van der Waals surface area contributed by atoms with Crippen molar-refractivity contribution < 1.29 is 0 Å². The van der Waals surface area contributed by atoms with E-state index in [1.165, 1.54) is 35.9 Å². The Labute approximate surface area is 128 Å². The summed E-state index contributed by atoms with van der Waals surface area (Å²) >= 11 is 0. The molecule has 1 N–H and O–H groups in total. The molecule has 0 fully saturated rings. The van der Waals surface area contributed by atoms with Gasteiger partial charge in [-0.05, 0) is 31.4 Å². The number of fused-ring (bicyclic) bond motifs is 1. The van der Waals surface area contributed by atoms with E-state index in [-0.39, 0.29) is 0 Å². The van der Waals surface area contributed by atoms with Crippen molar-refractivity contribution in [2.24, 2.45) is 13.0 Å². The Hall–Kier alpha value is -1.35. The molecular weight excluding hydrogens is 258 g/mol. The molecule has 0 saturated heterocycles. The van der Waals surface area contributed by atoms with Gasteiger partial charge in [0.15, 0.2) is 0 Å². The van der Waals surface area contributed by atoms with Crippen LogP contribution in [0.4, 0.5) is 0 Å². The highest BCUT2D eigenvalue weighted by Crippen LogP contribution is 2.21. The van der Waals surface area contributed by atoms with Crippen LogP contribution >= 0.6 is 0 Å². The van der Waals surface area contributed by atoms with Gasteiger partial charge in [0, 0.05) is 24.9 Å². The minimum Gasteiger partial charge on any atom is -0.314 e. The van der Waals surface area contributed by atoms with E-state index >= 15 is 0 Å². The number of aromatic nitrogens is 2. The van der Waals surface area contributed by atoms with E-state index < -0.39 is 0 Å². The maximum absolute atomic E-state index is 4.75. The molecule has 2 atom stereocenters. The topological polar surface area (TPSA) is 29.9 Å². The van der Waals surface area contributed by atoms with Crippen LogP contribution in [-0.4, -0.2) is 22.4 Å². The van der Waals surface area contributed by atoms with Crippen molar-refractivity contribution in [1.82, 2.24) is 15.1 Å². The molecule has 116 valence electrons. The minimum absolute atomic E-state index is 0.526. The molecule has 0 spiro atoms. The Morgan fingerprint density at radius 1 is 1.24 bits per heavy atom. The largest absolute Gasteiger partial charge is 0.314 e. The van der Waals surface area contributed by atoms with E-state index in [1.54, 1.807) is 0 Å². The molecule has 1 aromatic carbocycles. The summed E-state index contributed by atoms with van der Waals surface area (Å²) in [5, 5.41) is 9.75. The van der Waals surface area contributed by atoms with Crippen molar-refractivity contribution in [3.8, 4) is 0 Å². The molecule has 2 rings (SSSR count). The van der Waals surface area contributed by atoms with Gasteiger partial charge in [0.05, 0.1) is 11.2 Å². The predicted molar refractivity (Wildman–Crippen MR) is 90.6 cm³/mol. The first kappa shape index (κ1) is 16.0. The lowest BCUT2D eigenvalue weighted by molar-refractivity contribution is 0.389. The van der Waals surface area contributed by atoms with Gasteiger partial charge < -0.3 is 5.32 Å². The number of para-hydroxylation sites is 1. The van der Waals surface area contributed by atoms with Crippen LogP contribution in [0.1, 0.15) is 45.7 Å². The van der Waals surface area contributed by atoms with Gasteiger partial charge in [0.25, 0.3) is 0 Å². The van der Waals surface area contributed by atoms with Gasteiger partial charge in [-0.25, -0.2) is 0 Å². The lowest BCUT2D eigenvalue weighted by Crippen LogP contribution is -2.33. The number of hydrogen-bond donors (Lipinski definition) is 1. The first-order chi connectivity index (χ1) is 10.2. The first-order valence-electron chi connectivity index (χ1n) is 8.29. The fraction of sp³-hybridized carbons (Fsp3) is 0.611. The molecule has 0 radical (unpaired) electrons. The Morgan fingerprint density at radius 3 is 2.71 bits per heavy atom. The molecule has 0 bridgehead atoms. The van der Waals surface area contributed by atoms with E-state index in [1.807, 2.05) is 11.7 Å². The maximum atomic E-state index is 4.75. The van der Waals surface area contributed by atoms with E-state index in [0.717, 1.165) is 18.9 Å². The fourth-order valence-corrected chi connectivity index (χ4v) is 2.91. The molecule has 21 heavy (non-hydrogen) atoms. The second-order valence-corrected chi connectivity index (χ2v) is 6.19. The average Bonchev–Trinajstić information content (AvgIpc) is 2.81. The van der Waals surface area contributed by atoms with E-state index in [2.05, 4.69) is 50.4 Å². The molecule has 0 saturated carbocycles. The number of hydrogen-bond acceptors (Lipinski definition) is 2. The standard InChI is InChI=1S/C18H29N3/c1-5-11-19-15(12-14(3)6-2)13-17-16-9-7-8-10-18(16)21(4)20-17/h7-10,14-15,19H,5-6,11-13H2,1-4H3. The number of aryl methyl sites for hydroxylation is 1. The Kier molecular flexibility index (Phi) is 5.80. The summed E-state index contributed by atoms with van der Waals surface area (Å²) in [5.74, 6) is 0.759. The van der Waals surface area contributed by atoms with Gasteiger partial charge in [-0.1, -0.05) is 45.4 Å². The van der Waals surface area contributed by atoms with Gasteiger partial charge in [-0.15, -0.1) is 0 Å². The van der Waals surface area contributed by atoms with Gasteiger partial charge in [-0.2, -0.15) is 5.10 Å². The molecule has 1 heterocycles. The number of nitrogens with one attached hydrogen (secondary N) is 1. The monoisotopic (exact) mass is 287 g/mol. The summed E-state index contributed by atoms with van der Waals surface area (Å²) in [5.41, 5.74) is 2.45. The number of nitrogens with zero attached hydrogens (tertiary/aromatic N) is 2. The SMILES string of the molecule is CCCNC(Cc1nn(C)c2ccccc12)CC(C)CC. The van der Waals surface area contributed by atoms with E-state index in [0.29, 0.717) is 6.04 Å². The van der Waals surface area contributed by atoms with Crippen molar-refractivity contribution in [2.45, 2.75) is 52.5 Å². The van der Waals surface area contributed by atoms with Crippen LogP contribution in [0.5, 0.6) is 0 Å². The Morgan fingerprint density at radius 2 is 2.00 bits per heavy atom. The minimum atomic E-state index is 0.526. The summed E-state index contributed by atoms with van der Waals surface area (Å²) in [6, 6.07) is 9.06. The number of rotatable bonds is 8. The van der Waals surface area contributed by atoms with Gasteiger partial charge >= 0.3 is 0 Å². The van der Waals surface area contributed by atoms with Crippen molar-refractivity contribution in [1.29, 1.82) is 0 Å². The zero-order valence-electron chi connectivity index (χ0n) is 13.9. The fourth-order valence-electron chi connectivity index (χ4n) is 2.91. The number of benzene rings is 1. The summed E-state index contributed by atoms with van der Waals surface area (Å²) < 4.78 is 2.00. The van der Waals surface area contributed by atoms with E-state index in [9.17, 15) is 0 Å². The highest BCUT2D eigenvalue weighted by Gasteiger charge is 2.16. The summed E-state index contributed by atoms with van der Waals surface area (Å²) in [7, 11) is 2.04. The third-order valence-corrected chi connectivity index (χ3v) is 4.34. The van der Waals surface area contributed by atoms with Gasteiger partial charge in [0.2, 0.25) is 0 Å². The second-order valence-electron chi connectivity index (χ2n) is 6.19. The van der Waals surface area contributed by atoms with Crippen molar-refractivity contribution in [3.05, 3.63) is 30.0 Å². The van der Waals surface area contributed by atoms with E-state index in [4.69, 9.17) is 5.10 Å². The lowest BCUT2D eigenvalue weighted by Gasteiger charge is -2.21.